The van der Waals surface area contributed by atoms with E-state index in [1.165, 1.54) is 0 Å². The molecule has 3 aromatic heterocycles. The summed E-state index contributed by atoms with van der Waals surface area (Å²) in [5.74, 6) is 1.26. The Morgan fingerprint density at radius 3 is 3.00 bits per heavy atom. The Morgan fingerprint density at radius 1 is 1.41 bits per heavy atom. The molecule has 84 valence electrons. The van der Waals surface area contributed by atoms with Crippen LogP contribution in [0, 0.1) is 6.92 Å². The molecule has 0 unspecified atom stereocenters. The summed E-state index contributed by atoms with van der Waals surface area (Å²) in [7, 11) is 0. The normalized spacial score (nSPS) is 10.9. The van der Waals surface area contributed by atoms with Crippen LogP contribution in [-0.2, 0) is 0 Å². The zero-order valence-corrected chi connectivity index (χ0v) is 9.10. The number of aromatic nitrogens is 3. The molecule has 0 aliphatic carbocycles. The lowest BCUT2D eigenvalue weighted by Gasteiger charge is -2.01. The number of aromatic amines is 1. The number of carbonyl (C=O) groups excluding carboxylic acids is 1. The third kappa shape index (κ3) is 1.44. The quantitative estimate of drug-likeness (QED) is 0.682. The zero-order chi connectivity index (χ0) is 11.8. The zero-order valence-electron chi connectivity index (χ0n) is 9.10. The molecule has 0 aliphatic heterocycles. The number of furan rings is 1. The number of carbonyl (C=O) groups is 1. The lowest BCUT2D eigenvalue weighted by Crippen LogP contribution is -1.93. The van der Waals surface area contributed by atoms with Crippen molar-refractivity contribution in [1.29, 1.82) is 0 Å². The van der Waals surface area contributed by atoms with Crippen molar-refractivity contribution in [3.63, 3.8) is 0 Å². The fraction of sp³-hybridized carbons (Fsp3) is 0.0833. The van der Waals surface area contributed by atoms with Crippen LogP contribution in [0.15, 0.2) is 29.0 Å². The number of fused-ring (bicyclic) bond motifs is 1. The summed E-state index contributed by atoms with van der Waals surface area (Å²) in [5, 5.41) is 0.695. The molecule has 0 aromatic carbocycles. The molecule has 3 heterocycles. The maximum absolute atomic E-state index is 11.0. The number of H-pyrrole nitrogens is 1. The molecule has 0 aliphatic rings. The number of rotatable bonds is 2. The summed E-state index contributed by atoms with van der Waals surface area (Å²) in [6.45, 7) is 1.80. The van der Waals surface area contributed by atoms with E-state index in [9.17, 15) is 4.79 Å². The van der Waals surface area contributed by atoms with Gasteiger partial charge >= 0.3 is 0 Å². The molecule has 1 N–H and O–H groups in total. The van der Waals surface area contributed by atoms with Gasteiger partial charge in [0.15, 0.2) is 12.0 Å². The van der Waals surface area contributed by atoms with Gasteiger partial charge in [-0.2, -0.15) is 0 Å². The van der Waals surface area contributed by atoms with Gasteiger partial charge in [0, 0.05) is 11.8 Å². The minimum absolute atomic E-state index is 0.534. The average molecular weight is 227 g/mol. The minimum Gasteiger partial charge on any atom is -0.463 e. The molecule has 3 rings (SSSR count). The second kappa shape index (κ2) is 3.55. The topological polar surface area (TPSA) is 71.8 Å². The molecule has 5 heteroatoms. The molecule has 0 saturated heterocycles. The van der Waals surface area contributed by atoms with Crippen LogP contribution < -0.4 is 0 Å². The van der Waals surface area contributed by atoms with Crippen LogP contribution in [-0.4, -0.2) is 21.2 Å². The van der Waals surface area contributed by atoms with Gasteiger partial charge in [-0.1, -0.05) is 0 Å². The van der Waals surface area contributed by atoms with Gasteiger partial charge in [-0.3, -0.25) is 4.79 Å². The first-order chi connectivity index (χ1) is 8.29. The Labute approximate surface area is 96.5 Å². The summed E-state index contributed by atoms with van der Waals surface area (Å²) < 4.78 is 5.33. The highest BCUT2D eigenvalue weighted by Crippen LogP contribution is 2.28. The predicted octanol–water partition coefficient (Wildman–Crippen LogP) is 2.34. The van der Waals surface area contributed by atoms with Gasteiger partial charge in [0.2, 0.25) is 0 Å². The van der Waals surface area contributed by atoms with Crippen LogP contribution in [0.4, 0.5) is 0 Å². The molecule has 0 radical (unpaired) electrons. The first-order valence-electron chi connectivity index (χ1n) is 5.14. The van der Waals surface area contributed by atoms with Crippen LogP contribution in [0.5, 0.6) is 0 Å². The van der Waals surface area contributed by atoms with Crippen LogP contribution >= 0.6 is 0 Å². The monoisotopic (exact) mass is 227 g/mol. The third-order valence-electron chi connectivity index (χ3n) is 2.56. The molecule has 3 aromatic rings. The maximum Gasteiger partial charge on any atom is 0.153 e. The summed E-state index contributed by atoms with van der Waals surface area (Å²) in [4.78, 5) is 22.5. The first kappa shape index (κ1) is 9.77. The van der Waals surface area contributed by atoms with Crippen LogP contribution in [0.2, 0.25) is 0 Å². The first-order valence-corrected chi connectivity index (χ1v) is 5.14. The van der Waals surface area contributed by atoms with Gasteiger partial charge in [-0.05, 0) is 19.1 Å². The summed E-state index contributed by atoms with van der Waals surface area (Å²) in [6, 6.07) is 3.59. The molecule has 0 spiro atoms. The average Bonchev–Trinajstić information content (AvgIpc) is 2.96. The highest BCUT2D eigenvalue weighted by atomic mass is 16.3. The van der Waals surface area contributed by atoms with Crippen molar-refractivity contribution in [3.05, 3.63) is 36.0 Å². The summed E-state index contributed by atoms with van der Waals surface area (Å²) in [5.41, 5.74) is 1.82. The molecule has 5 nitrogen and oxygen atoms in total. The molecule has 0 saturated carbocycles. The Balaban J connectivity index is 2.42. The molecule has 0 amide bonds. The highest BCUT2D eigenvalue weighted by Gasteiger charge is 2.15. The van der Waals surface area contributed by atoms with Gasteiger partial charge in [-0.25, -0.2) is 9.97 Å². The predicted molar refractivity (Wildman–Crippen MR) is 61.7 cm³/mol. The molecule has 17 heavy (non-hydrogen) atoms. The Kier molecular flexibility index (Phi) is 2.04. The van der Waals surface area contributed by atoms with Crippen molar-refractivity contribution >= 4 is 17.3 Å². The van der Waals surface area contributed by atoms with E-state index < -0.39 is 0 Å². The molecular weight excluding hydrogens is 218 g/mol. The molecule has 0 bridgehead atoms. The fourth-order valence-electron chi connectivity index (χ4n) is 1.85. The number of nitrogens with zero attached hydrogens (tertiary/aromatic N) is 2. The van der Waals surface area contributed by atoms with Crippen LogP contribution in [0.3, 0.4) is 0 Å². The van der Waals surface area contributed by atoms with E-state index in [4.69, 9.17) is 4.42 Å². The van der Waals surface area contributed by atoms with E-state index in [1.807, 2.05) is 6.07 Å². The fourth-order valence-corrected chi connectivity index (χ4v) is 1.85. The van der Waals surface area contributed by atoms with Crippen LogP contribution in [0.25, 0.3) is 22.5 Å². The number of aldehydes is 1. The SMILES string of the molecule is Cc1nc(-c2ccco2)c2c(C=O)c[nH]c2n1. The number of hydrogen-bond acceptors (Lipinski definition) is 4. The van der Waals surface area contributed by atoms with E-state index in [0.717, 1.165) is 6.29 Å². The smallest absolute Gasteiger partial charge is 0.153 e. The molecule has 0 fully saturated rings. The number of hydrogen-bond donors (Lipinski definition) is 1. The van der Waals surface area contributed by atoms with E-state index in [-0.39, 0.29) is 0 Å². The number of nitrogens with one attached hydrogen (secondary N) is 1. The van der Waals surface area contributed by atoms with E-state index >= 15 is 0 Å². The third-order valence-corrected chi connectivity index (χ3v) is 2.56. The Hall–Kier alpha value is -2.43. The van der Waals surface area contributed by atoms with Crippen molar-refractivity contribution in [2.24, 2.45) is 0 Å². The van der Waals surface area contributed by atoms with E-state index in [1.54, 1.807) is 25.5 Å². The van der Waals surface area contributed by atoms with E-state index in [2.05, 4.69) is 15.0 Å². The standard InChI is InChI=1S/C12H9N3O2/c1-7-14-11(9-3-2-4-17-9)10-8(6-16)5-13-12(10)15-7/h2-6H,1H3,(H,13,14,15). The molecule has 0 atom stereocenters. The van der Waals surface area contributed by atoms with Gasteiger partial charge in [-0.15, -0.1) is 0 Å². The van der Waals surface area contributed by atoms with E-state index in [0.29, 0.717) is 33.9 Å². The number of aryl methyl sites for hydroxylation is 1. The highest BCUT2D eigenvalue weighted by molar-refractivity contribution is 6.02. The van der Waals surface area contributed by atoms with Gasteiger partial charge < -0.3 is 9.40 Å². The maximum atomic E-state index is 11.0. The minimum atomic E-state index is 0.534. The second-order valence-electron chi connectivity index (χ2n) is 3.68. The van der Waals surface area contributed by atoms with Crippen molar-refractivity contribution in [2.75, 3.05) is 0 Å². The van der Waals surface area contributed by atoms with Crippen LogP contribution in [0.1, 0.15) is 16.2 Å². The second-order valence-corrected chi connectivity index (χ2v) is 3.68. The largest absolute Gasteiger partial charge is 0.463 e. The van der Waals surface area contributed by atoms with Crippen molar-refractivity contribution in [3.8, 4) is 11.5 Å². The van der Waals surface area contributed by atoms with Gasteiger partial charge in [0.25, 0.3) is 0 Å². The van der Waals surface area contributed by atoms with Gasteiger partial charge in [0.1, 0.15) is 17.2 Å². The van der Waals surface area contributed by atoms with Crippen molar-refractivity contribution < 1.29 is 9.21 Å². The Bertz CT molecular complexity index is 683. The summed E-state index contributed by atoms with van der Waals surface area (Å²) >= 11 is 0. The molecular formula is C12H9N3O2. The van der Waals surface area contributed by atoms with Gasteiger partial charge in [0.05, 0.1) is 11.6 Å². The lowest BCUT2D eigenvalue weighted by atomic mass is 10.1. The summed E-state index contributed by atoms with van der Waals surface area (Å²) in [6.07, 6.45) is 3.98. The van der Waals surface area contributed by atoms with Crippen molar-refractivity contribution in [2.45, 2.75) is 6.92 Å². The lowest BCUT2D eigenvalue weighted by molar-refractivity contribution is 0.112. The Morgan fingerprint density at radius 2 is 2.29 bits per heavy atom. The van der Waals surface area contributed by atoms with Crippen molar-refractivity contribution in [1.82, 2.24) is 15.0 Å².